The number of nitrogens with one attached hydrogen (secondary N) is 2. The van der Waals surface area contributed by atoms with Crippen molar-refractivity contribution in [2.24, 2.45) is 13.0 Å². The number of hydrogen-bond acceptors (Lipinski definition) is 8. The standard InChI is InChI=1S/C28H30ClF3N6O5/c1-36-20(17-4-5-22(43-14-30)24(32)23(17)31)12-34-25(36)26(40)35-15-2-3-16(19(29)10-15)27(41)37-6-8-38(9-7-37)28(42)18-11-33-13-21(18)39/h2-5,10,12,18,21,26,33,35,39-40H,6-9,11,13-14H2,1H3. The van der Waals surface area contributed by atoms with Crippen LogP contribution in [0.5, 0.6) is 5.75 Å². The third-order valence-electron chi connectivity index (χ3n) is 7.68. The highest BCUT2D eigenvalue weighted by atomic mass is 35.5. The molecule has 11 nitrogen and oxygen atoms in total. The Labute approximate surface area is 249 Å². The van der Waals surface area contributed by atoms with Gasteiger partial charge in [0.1, 0.15) is 0 Å². The number of amides is 2. The number of aliphatic hydroxyl groups excluding tert-OH is 2. The minimum atomic E-state index is -1.39. The van der Waals surface area contributed by atoms with Crippen molar-refractivity contribution in [2.45, 2.75) is 12.3 Å². The van der Waals surface area contributed by atoms with Gasteiger partial charge in [0.25, 0.3) is 5.91 Å². The Kier molecular flexibility index (Phi) is 9.11. The topological polar surface area (TPSA) is 132 Å². The Morgan fingerprint density at radius 1 is 1.14 bits per heavy atom. The molecular formula is C28H30ClF3N6O5. The molecule has 2 aliphatic rings. The molecule has 0 saturated carbocycles. The lowest BCUT2D eigenvalue weighted by molar-refractivity contribution is -0.139. The molecule has 230 valence electrons. The molecule has 2 aliphatic heterocycles. The van der Waals surface area contributed by atoms with E-state index in [9.17, 15) is 33.0 Å². The molecular weight excluding hydrogens is 593 g/mol. The van der Waals surface area contributed by atoms with E-state index in [1.807, 2.05) is 0 Å². The van der Waals surface area contributed by atoms with Crippen LogP contribution < -0.4 is 15.4 Å². The fraction of sp³-hybridized carbons (Fsp3) is 0.393. The third kappa shape index (κ3) is 6.13. The fourth-order valence-electron chi connectivity index (χ4n) is 5.28. The second-order valence-corrected chi connectivity index (χ2v) is 10.7. The van der Waals surface area contributed by atoms with E-state index in [0.29, 0.717) is 45.0 Å². The number of carbonyl (C=O) groups excluding carboxylic acids is 2. The number of anilines is 1. The van der Waals surface area contributed by atoms with Gasteiger partial charge in [-0.3, -0.25) is 9.59 Å². The van der Waals surface area contributed by atoms with Crippen LogP contribution in [0.25, 0.3) is 11.3 Å². The molecule has 2 fully saturated rings. The van der Waals surface area contributed by atoms with Crippen LogP contribution in [0.4, 0.5) is 18.9 Å². The predicted molar refractivity (Wildman–Crippen MR) is 150 cm³/mol. The number of ether oxygens (including phenoxy) is 1. The van der Waals surface area contributed by atoms with Crippen LogP contribution in [0.15, 0.2) is 36.5 Å². The maximum Gasteiger partial charge on any atom is 0.255 e. The summed E-state index contributed by atoms with van der Waals surface area (Å²) >= 11 is 6.44. The van der Waals surface area contributed by atoms with Crippen molar-refractivity contribution in [3.63, 3.8) is 0 Å². The van der Waals surface area contributed by atoms with Gasteiger partial charge in [0, 0.05) is 57.6 Å². The first-order valence-electron chi connectivity index (χ1n) is 13.5. The van der Waals surface area contributed by atoms with Crippen LogP contribution in [0.2, 0.25) is 5.02 Å². The Balaban J connectivity index is 1.22. The SMILES string of the molecule is Cn1c(-c2ccc(OCF)c(F)c2F)cnc1C(O)Nc1ccc(C(=O)N2CCN(C(=O)C3CNCC3O)CC2)c(Cl)c1. The van der Waals surface area contributed by atoms with Gasteiger partial charge in [-0.25, -0.2) is 13.8 Å². The average Bonchev–Trinajstić information content (AvgIpc) is 3.60. The number of benzene rings is 2. The van der Waals surface area contributed by atoms with Gasteiger partial charge in [-0.15, -0.1) is 0 Å². The zero-order valence-corrected chi connectivity index (χ0v) is 23.8. The number of halogens is 4. The van der Waals surface area contributed by atoms with Gasteiger partial charge in [-0.05, 0) is 30.3 Å². The van der Waals surface area contributed by atoms with Gasteiger partial charge < -0.3 is 40.0 Å². The number of piperazine rings is 1. The van der Waals surface area contributed by atoms with Gasteiger partial charge in [0.05, 0.1) is 34.5 Å². The molecule has 3 heterocycles. The predicted octanol–water partition coefficient (Wildman–Crippen LogP) is 2.29. The van der Waals surface area contributed by atoms with Crippen molar-refractivity contribution in [2.75, 3.05) is 51.4 Å². The summed E-state index contributed by atoms with van der Waals surface area (Å²) in [5.41, 5.74) is 0.592. The summed E-state index contributed by atoms with van der Waals surface area (Å²) in [4.78, 5) is 33.3. The Hall–Kier alpha value is -3.85. The van der Waals surface area contributed by atoms with Crippen molar-refractivity contribution in [1.82, 2.24) is 24.7 Å². The van der Waals surface area contributed by atoms with E-state index in [4.69, 9.17) is 11.6 Å². The van der Waals surface area contributed by atoms with E-state index in [2.05, 4.69) is 20.4 Å². The number of imidazole rings is 1. The van der Waals surface area contributed by atoms with Gasteiger partial charge in [0.2, 0.25) is 18.6 Å². The smallest absolute Gasteiger partial charge is 0.255 e. The van der Waals surface area contributed by atoms with Gasteiger partial charge in [0.15, 0.2) is 23.6 Å². The van der Waals surface area contributed by atoms with Crippen molar-refractivity contribution in [1.29, 1.82) is 0 Å². The first kappa shape index (κ1) is 30.6. The number of alkyl halides is 1. The Morgan fingerprint density at radius 3 is 2.51 bits per heavy atom. The molecule has 1 aromatic heterocycles. The maximum atomic E-state index is 14.7. The van der Waals surface area contributed by atoms with E-state index in [-0.39, 0.29) is 39.5 Å². The molecule has 5 rings (SSSR count). The number of hydrogen-bond donors (Lipinski definition) is 4. The van der Waals surface area contributed by atoms with Crippen molar-refractivity contribution in [3.8, 4) is 17.0 Å². The van der Waals surface area contributed by atoms with E-state index in [1.54, 1.807) is 15.9 Å². The van der Waals surface area contributed by atoms with Crippen LogP contribution in [0, 0.1) is 17.6 Å². The lowest BCUT2D eigenvalue weighted by Crippen LogP contribution is -2.53. The Bertz CT molecular complexity index is 1520. The highest BCUT2D eigenvalue weighted by Gasteiger charge is 2.36. The van der Waals surface area contributed by atoms with E-state index < -0.39 is 42.5 Å². The molecule has 0 radical (unpaired) electrons. The molecule has 3 aromatic rings. The molecule has 0 aliphatic carbocycles. The van der Waals surface area contributed by atoms with Crippen LogP contribution >= 0.6 is 11.6 Å². The zero-order chi connectivity index (χ0) is 30.8. The summed E-state index contributed by atoms with van der Waals surface area (Å²) in [5, 5.41) is 26.7. The van der Waals surface area contributed by atoms with Gasteiger partial charge in [-0.1, -0.05) is 11.6 Å². The molecule has 3 unspecified atom stereocenters. The summed E-state index contributed by atoms with van der Waals surface area (Å²) < 4.78 is 47.1. The summed E-state index contributed by atoms with van der Waals surface area (Å²) in [7, 11) is 1.50. The van der Waals surface area contributed by atoms with Gasteiger partial charge in [-0.2, -0.15) is 4.39 Å². The summed E-state index contributed by atoms with van der Waals surface area (Å²) in [6.07, 6.45) is -0.855. The first-order chi connectivity index (χ1) is 20.6. The number of aromatic nitrogens is 2. The number of aliphatic hydroxyl groups is 2. The van der Waals surface area contributed by atoms with Crippen LogP contribution in [0.3, 0.4) is 0 Å². The molecule has 15 heteroatoms. The number of β-amino-alcohol motifs (C(OH)–C–C–N with tert-alkyl or cyclic N) is 1. The van der Waals surface area contributed by atoms with Crippen molar-refractivity contribution >= 4 is 29.1 Å². The minimum Gasteiger partial charge on any atom is -0.460 e. The van der Waals surface area contributed by atoms with E-state index >= 15 is 0 Å². The second kappa shape index (κ2) is 12.8. The second-order valence-electron chi connectivity index (χ2n) is 10.2. The summed E-state index contributed by atoms with van der Waals surface area (Å²) in [5.74, 6) is -4.02. The van der Waals surface area contributed by atoms with Crippen molar-refractivity contribution < 1.29 is 37.7 Å². The highest BCUT2D eigenvalue weighted by Crippen LogP contribution is 2.32. The minimum absolute atomic E-state index is 0.0727. The fourth-order valence-corrected chi connectivity index (χ4v) is 5.54. The number of rotatable bonds is 8. The quantitative estimate of drug-likeness (QED) is 0.282. The van der Waals surface area contributed by atoms with E-state index in [0.717, 1.165) is 6.07 Å². The first-order valence-corrected chi connectivity index (χ1v) is 13.9. The lowest BCUT2D eigenvalue weighted by Gasteiger charge is -2.36. The Morgan fingerprint density at radius 2 is 1.86 bits per heavy atom. The third-order valence-corrected chi connectivity index (χ3v) is 8.00. The number of carbonyl (C=O) groups is 2. The largest absolute Gasteiger partial charge is 0.460 e. The van der Waals surface area contributed by atoms with E-state index in [1.165, 1.54) is 36.0 Å². The van der Waals surface area contributed by atoms with Crippen LogP contribution in [-0.2, 0) is 11.8 Å². The molecule has 0 spiro atoms. The molecule has 43 heavy (non-hydrogen) atoms. The number of nitrogens with zero attached hydrogens (tertiary/aromatic N) is 4. The average molecular weight is 623 g/mol. The maximum absolute atomic E-state index is 14.7. The van der Waals surface area contributed by atoms with Crippen LogP contribution in [0.1, 0.15) is 22.4 Å². The van der Waals surface area contributed by atoms with Crippen molar-refractivity contribution in [3.05, 3.63) is 64.6 Å². The molecule has 2 amide bonds. The highest BCUT2D eigenvalue weighted by molar-refractivity contribution is 6.34. The lowest BCUT2D eigenvalue weighted by atomic mass is 10.0. The zero-order valence-electron chi connectivity index (χ0n) is 23.1. The van der Waals surface area contributed by atoms with Crippen LogP contribution in [-0.4, -0.2) is 93.6 Å². The molecule has 0 bridgehead atoms. The molecule has 3 atom stereocenters. The normalized spacial score (nSPS) is 19.4. The summed E-state index contributed by atoms with van der Waals surface area (Å²) in [6, 6.07) is 6.85. The summed E-state index contributed by atoms with van der Waals surface area (Å²) in [6.45, 7) is 0.806. The molecule has 4 N–H and O–H groups in total. The van der Waals surface area contributed by atoms with Gasteiger partial charge >= 0.3 is 0 Å². The molecule has 2 saturated heterocycles. The monoisotopic (exact) mass is 622 g/mol. The molecule has 2 aromatic carbocycles.